The molecular formula is C58H71N3O17. The number of hydrogen-bond donors (Lipinski definition) is 4. The Hall–Kier alpha value is -6.39. The summed E-state index contributed by atoms with van der Waals surface area (Å²) in [7, 11) is 0. The number of ether oxygens (including phenoxy) is 7. The standard InChI is InChI=1S/C58H71N3O17/c1-35-41(75-54(70)48(46(38-16-10-7-11-17-38)59-52(68)39-18-12-8-13-19-39)76-44(66)22-23-60-24-26-61(27-25-60)28-30-72-31-29-62)33-58(71)51(77-53(69)40-20-14-9-15-21-40)49-56(6,42(65)32-43-57(49,34-73-43)78-37(3)64)50(67)47(74-36(2)63)45(35)55(58,4)5/h7-21,41-43,46-49,51,62,65,71H,22-34H2,1-6H3,(H,59,68)/t41-,42-,43+,46-,47+,48+,49-,51-,56+,57-,58+/m0/s1. The van der Waals surface area contributed by atoms with Gasteiger partial charge in [-0.3, -0.25) is 28.9 Å². The Balaban J connectivity index is 1.21. The van der Waals surface area contributed by atoms with E-state index in [1.807, 2.05) is 0 Å². The van der Waals surface area contributed by atoms with Crippen LogP contribution in [0.4, 0.5) is 0 Å². The lowest BCUT2D eigenvalue weighted by molar-refractivity contribution is -0.346. The van der Waals surface area contributed by atoms with Crippen LogP contribution < -0.4 is 5.32 Å². The van der Waals surface area contributed by atoms with E-state index >= 15 is 9.59 Å². The summed E-state index contributed by atoms with van der Waals surface area (Å²) in [5.41, 5.74) is -7.35. The second-order valence-corrected chi connectivity index (χ2v) is 21.6. The number of nitrogens with zero attached hydrogens (tertiary/aromatic N) is 2. The van der Waals surface area contributed by atoms with Gasteiger partial charge in [-0.15, -0.1) is 0 Å². The van der Waals surface area contributed by atoms with Crippen LogP contribution in [0.25, 0.3) is 0 Å². The zero-order valence-corrected chi connectivity index (χ0v) is 44.9. The lowest BCUT2D eigenvalue weighted by atomic mass is 9.44. The molecule has 0 radical (unpaired) electrons. The van der Waals surface area contributed by atoms with Gasteiger partial charge in [0.2, 0.25) is 6.10 Å². The molecule has 420 valence electrons. The number of Topliss-reactive ketones (excluding diaryl/α,β-unsaturated/α-hetero) is 1. The maximum absolute atomic E-state index is 15.8. The Morgan fingerprint density at radius 1 is 0.795 bits per heavy atom. The Kier molecular flexibility index (Phi) is 17.7. The first kappa shape index (κ1) is 57.8. The number of hydrogen-bond acceptors (Lipinski definition) is 19. The highest BCUT2D eigenvalue weighted by atomic mass is 16.6. The quantitative estimate of drug-likeness (QED) is 0.0581. The van der Waals surface area contributed by atoms with Gasteiger partial charge in [-0.1, -0.05) is 80.6 Å². The summed E-state index contributed by atoms with van der Waals surface area (Å²) < 4.78 is 42.7. The highest BCUT2D eigenvalue weighted by Crippen LogP contribution is 2.64. The van der Waals surface area contributed by atoms with E-state index in [1.165, 1.54) is 26.0 Å². The van der Waals surface area contributed by atoms with E-state index in [0.717, 1.165) is 13.8 Å². The Labute approximate surface area is 453 Å². The van der Waals surface area contributed by atoms with Crippen molar-refractivity contribution in [2.24, 2.45) is 16.7 Å². The number of aliphatic hydroxyl groups is 3. The van der Waals surface area contributed by atoms with Crippen molar-refractivity contribution < 1.29 is 82.0 Å². The third-order valence-corrected chi connectivity index (χ3v) is 16.6. The average molecular weight is 1080 g/mol. The fourth-order valence-electron chi connectivity index (χ4n) is 12.3. The van der Waals surface area contributed by atoms with Crippen molar-refractivity contribution in [2.75, 3.05) is 65.7 Å². The monoisotopic (exact) mass is 1080 g/mol. The van der Waals surface area contributed by atoms with Crippen molar-refractivity contribution in [2.45, 2.75) is 115 Å². The van der Waals surface area contributed by atoms with Crippen molar-refractivity contribution in [1.82, 2.24) is 15.1 Å². The molecule has 11 atom stereocenters. The zero-order chi connectivity index (χ0) is 56.2. The van der Waals surface area contributed by atoms with Crippen molar-refractivity contribution in [3.8, 4) is 0 Å². The van der Waals surface area contributed by atoms with Crippen LogP contribution in [0.5, 0.6) is 0 Å². The lowest BCUT2D eigenvalue weighted by Crippen LogP contribution is -2.82. The van der Waals surface area contributed by atoms with Gasteiger partial charge < -0.3 is 58.7 Å². The highest BCUT2D eigenvalue weighted by molar-refractivity contribution is 5.96. The molecule has 2 saturated heterocycles. The topological polar surface area (TPSA) is 263 Å². The van der Waals surface area contributed by atoms with Crippen LogP contribution in [0.3, 0.4) is 0 Å². The maximum Gasteiger partial charge on any atom is 0.350 e. The molecule has 20 nitrogen and oxygen atoms in total. The molecule has 8 rings (SSSR count). The summed E-state index contributed by atoms with van der Waals surface area (Å²) in [5.74, 6) is -7.74. The number of nitrogens with one attached hydrogen (secondary N) is 1. The zero-order valence-electron chi connectivity index (χ0n) is 44.9. The third-order valence-electron chi connectivity index (χ3n) is 16.6. The van der Waals surface area contributed by atoms with Crippen LogP contribution in [0, 0.1) is 16.7 Å². The summed E-state index contributed by atoms with van der Waals surface area (Å²) in [4.78, 5) is 105. The summed E-state index contributed by atoms with van der Waals surface area (Å²) in [6, 6.07) is 23.0. The van der Waals surface area contributed by atoms with Gasteiger partial charge in [-0.2, -0.15) is 0 Å². The van der Waals surface area contributed by atoms with E-state index in [-0.39, 0.29) is 61.5 Å². The minimum atomic E-state index is -2.46. The molecule has 2 heterocycles. The predicted molar refractivity (Wildman–Crippen MR) is 277 cm³/mol. The molecule has 4 fully saturated rings. The van der Waals surface area contributed by atoms with E-state index in [0.29, 0.717) is 44.9 Å². The van der Waals surface area contributed by atoms with Gasteiger partial charge in [0.25, 0.3) is 5.91 Å². The molecule has 0 aromatic heterocycles. The molecule has 2 aliphatic heterocycles. The van der Waals surface area contributed by atoms with Crippen molar-refractivity contribution in [3.63, 3.8) is 0 Å². The molecule has 78 heavy (non-hydrogen) atoms. The molecule has 4 N–H and O–H groups in total. The fourth-order valence-corrected chi connectivity index (χ4v) is 12.3. The van der Waals surface area contributed by atoms with E-state index in [1.54, 1.807) is 92.7 Å². The minimum Gasteiger partial charge on any atom is -0.455 e. The second kappa shape index (κ2) is 23.9. The first-order chi connectivity index (χ1) is 37.2. The van der Waals surface area contributed by atoms with E-state index in [9.17, 15) is 34.2 Å². The smallest absolute Gasteiger partial charge is 0.350 e. The summed E-state index contributed by atoms with van der Waals surface area (Å²) in [6.07, 6.45) is -10.9. The molecule has 5 aliphatic rings. The SMILES string of the molecule is CC(=O)O[C@H]1C(=O)[C@@]2(C)[C@H]([C@H](OC(=O)c3ccccc3)[C@]3(O)C[C@H](OC(=O)[C@H](OC(=O)CCN4CCN(CCOCCO)CC4)[C@@H](NC(=O)c4ccccc4)c4ccccc4)C(C)=C1C3(C)C)[C@]1(OC(C)=O)CO[C@@H]1C[C@@H]2O. The number of rotatable bonds is 19. The van der Waals surface area contributed by atoms with Gasteiger partial charge in [0.05, 0.1) is 55.8 Å². The van der Waals surface area contributed by atoms with Crippen LogP contribution in [-0.4, -0.2) is 180 Å². The molecule has 0 spiro atoms. The molecule has 2 saturated carbocycles. The largest absolute Gasteiger partial charge is 0.455 e. The van der Waals surface area contributed by atoms with Crippen LogP contribution in [0.2, 0.25) is 0 Å². The summed E-state index contributed by atoms with van der Waals surface area (Å²) in [6.45, 7) is 12.2. The number of carbonyl (C=O) groups is 7. The molecule has 0 unspecified atom stereocenters. The van der Waals surface area contributed by atoms with Crippen LogP contribution >= 0.6 is 0 Å². The maximum atomic E-state index is 15.8. The van der Waals surface area contributed by atoms with Gasteiger partial charge in [0.15, 0.2) is 17.5 Å². The van der Waals surface area contributed by atoms with Gasteiger partial charge in [-0.25, -0.2) is 9.59 Å². The van der Waals surface area contributed by atoms with Gasteiger partial charge in [0.1, 0.15) is 30.0 Å². The highest BCUT2D eigenvalue weighted by Gasteiger charge is 2.78. The number of amides is 1. The minimum absolute atomic E-state index is 0.0290. The number of esters is 5. The van der Waals surface area contributed by atoms with Gasteiger partial charge >= 0.3 is 29.8 Å². The lowest BCUT2D eigenvalue weighted by Gasteiger charge is -2.67. The fraction of sp³-hybridized carbons (Fsp3) is 0.534. The van der Waals surface area contributed by atoms with Crippen LogP contribution in [-0.2, 0) is 57.1 Å². The molecule has 3 aromatic rings. The second-order valence-electron chi connectivity index (χ2n) is 21.6. The molecule has 3 aliphatic carbocycles. The summed E-state index contributed by atoms with van der Waals surface area (Å²) in [5, 5.41) is 38.3. The molecule has 20 heteroatoms. The molecule has 3 aromatic carbocycles. The predicted octanol–water partition coefficient (Wildman–Crippen LogP) is 3.30. The Morgan fingerprint density at radius 3 is 1.97 bits per heavy atom. The average Bonchev–Trinajstić information content (AvgIpc) is 3.34. The van der Waals surface area contributed by atoms with E-state index in [2.05, 4.69) is 15.1 Å². The molecular weight excluding hydrogens is 1010 g/mol. The first-order valence-corrected chi connectivity index (χ1v) is 26.5. The number of fused-ring (bicyclic) bond motifs is 5. The normalized spacial score (nSPS) is 29.4. The van der Waals surface area contributed by atoms with Gasteiger partial charge in [-0.05, 0) is 54.8 Å². The number of benzene rings is 3. The number of ketones is 1. The number of carbonyl (C=O) groups excluding carboxylic acids is 7. The van der Waals surface area contributed by atoms with Crippen molar-refractivity contribution in [3.05, 3.63) is 119 Å². The third kappa shape index (κ3) is 11.4. The number of piperazine rings is 1. The first-order valence-electron chi connectivity index (χ1n) is 26.5. The Morgan fingerprint density at radius 2 is 1.40 bits per heavy atom. The van der Waals surface area contributed by atoms with Crippen molar-refractivity contribution in [1.29, 1.82) is 0 Å². The molecule has 1 amide bonds. The summed E-state index contributed by atoms with van der Waals surface area (Å²) >= 11 is 0. The Bertz CT molecular complexity index is 2720. The van der Waals surface area contributed by atoms with E-state index < -0.39 is 119 Å². The van der Waals surface area contributed by atoms with Gasteiger partial charge in [0, 0.05) is 76.9 Å². The van der Waals surface area contributed by atoms with Crippen LogP contribution in [0.15, 0.2) is 102 Å². The van der Waals surface area contributed by atoms with Crippen LogP contribution in [0.1, 0.15) is 93.1 Å². The molecule has 2 bridgehead atoms. The number of aliphatic hydroxyl groups excluding tert-OH is 2. The van der Waals surface area contributed by atoms with E-state index in [4.69, 9.17) is 38.3 Å². The van der Waals surface area contributed by atoms with Crippen molar-refractivity contribution >= 4 is 41.5 Å².